The summed E-state index contributed by atoms with van der Waals surface area (Å²) in [5.74, 6) is -1.03. The van der Waals surface area contributed by atoms with Crippen LogP contribution < -0.4 is 11.1 Å². The molecule has 120 valence electrons. The summed E-state index contributed by atoms with van der Waals surface area (Å²) >= 11 is 0. The fraction of sp³-hybridized carbons (Fsp3) is 0.263. The molecule has 0 radical (unpaired) electrons. The molecule has 0 fully saturated rings. The first-order valence-corrected chi connectivity index (χ1v) is 7.63. The zero-order valence-corrected chi connectivity index (χ0v) is 13.7. The summed E-state index contributed by atoms with van der Waals surface area (Å²) in [6.45, 7) is 5.72. The standard InChI is InChI=1S/C19H22N2O2/c1-12-8-7-11-16(13(12)2)19(23)21-17(18(20)22)14(3)15-9-5-4-6-10-15/h4-11,14,17H,1-3H3,(H2,20,22)(H,21,23). The maximum atomic E-state index is 12.5. The second-order valence-corrected chi connectivity index (χ2v) is 5.80. The molecule has 0 saturated carbocycles. The summed E-state index contributed by atoms with van der Waals surface area (Å²) in [6, 6.07) is 14.3. The van der Waals surface area contributed by atoms with Crippen molar-refractivity contribution in [3.8, 4) is 0 Å². The molecule has 0 aliphatic carbocycles. The average Bonchev–Trinajstić information content (AvgIpc) is 2.55. The molecule has 0 bridgehead atoms. The van der Waals surface area contributed by atoms with Crippen molar-refractivity contribution in [2.24, 2.45) is 5.73 Å². The molecular weight excluding hydrogens is 288 g/mol. The highest BCUT2D eigenvalue weighted by atomic mass is 16.2. The Hall–Kier alpha value is -2.62. The monoisotopic (exact) mass is 310 g/mol. The summed E-state index contributed by atoms with van der Waals surface area (Å²) in [6.07, 6.45) is 0. The molecule has 0 aromatic heterocycles. The molecule has 0 aliphatic heterocycles. The fourth-order valence-electron chi connectivity index (χ4n) is 2.61. The van der Waals surface area contributed by atoms with E-state index < -0.39 is 11.9 Å². The topological polar surface area (TPSA) is 72.2 Å². The molecule has 2 aromatic carbocycles. The quantitative estimate of drug-likeness (QED) is 0.891. The van der Waals surface area contributed by atoms with Crippen molar-refractivity contribution in [2.45, 2.75) is 32.7 Å². The Kier molecular flexibility index (Phi) is 5.16. The van der Waals surface area contributed by atoms with Gasteiger partial charge in [-0.15, -0.1) is 0 Å². The summed E-state index contributed by atoms with van der Waals surface area (Å²) < 4.78 is 0. The number of carbonyl (C=O) groups excluding carboxylic acids is 2. The first-order valence-electron chi connectivity index (χ1n) is 7.63. The lowest BCUT2D eigenvalue weighted by atomic mass is 9.92. The number of carbonyl (C=O) groups is 2. The van der Waals surface area contributed by atoms with E-state index in [4.69, 9.17) is 5.73 Å². The summed E-state index contributed by atoms with van der Waals surface area (Å²) in [7, 11) is 0. The van der Waals surface area contributed by atoms with Gasteiger partial charge in [0.2, 0.25) is 5.91 Å². The van der Waals surface area contributed by atoms with Crippen LogP contribution >= 0.6 is 0 Å². The van der Waals surface area contributed by atoms with E-state index in [1.54, 1.807) is 6.07 Å². The molecule has 0 aliphatic rings. The predicted octanol–water partition coefficient (Wildman–Crippen LogP) is 2.69. The number of primary amides is 1. The van der Waals surface area contributed by atoms with E-state index in [2.05, 4.69) is 5.32 Å². The number of nitrogens with one attached hydrogen (secondary N) is 1. The van der Waals surface area contributed by atoms with E-state index in [-0.39, 0.29) is 11.8 Å². The minimum absolute atomic E-state index is 0.206. The van der Waals surface area contributed by atoms with E-state index in [9.17, 15) is 9.59 Å². The third kappa shape index (κ3) is 3.77. The lowest BCUT2D eigenvalue weighted by molar-refractivity contribution is -0.120. The molecule has 2 rings (SSSR count). The first kappa shape index (κ1) is 16.7. The SMILES string of the molecule is Cc1cccc(C(=O)NC(C(N)=O)C(C)c2ccccc2)c1C. The largest absolute Gasteiger partial charge is 0.368 e. The van der Waals surface area contributed by atoms with E-state index >= 15 is 0 Å². The Morgan fingerprint density at radius 2 is 1.65 bits per heavy atom. The van der Waals surface area contributed by atoms with Gasteiger partial charge >= 0.3 is 0 Å². The van der Waals surface area contributed by atoms with E-state index in [0.717, 1.165) is 16.7 Å². The summed E-state index contributed by atoms with van der Waals surface area (Å²) in [5.41, 5.74) is 8.97. The van der Waals surface area contributed by atoms with Gasteiger partial charge in [0.1, 0.15) is 6.04 Å². The van der Waals surface area contributed by atoms with Crippen LogP contribution in [0.15, 0.2) is 48.5 Å². The third-order valence-corrected chi connectivity index (χ3v) is 4.27. The lowest BCUT2D eigenvalue weighted by Crippen LogP contribution is -2.47. The Bertz CT molecular complexity index is 711. The summed E-state index contributed by atoms with van der Waals surface area (Å²) in [5, 5.41) is 2.79. The van der Waals surface area contributed by atoms with Gasteiger partial charge in [-0.1, -0.05) is 49.4 Å². The van der Waals surface area contributed by atoms with Gasteiger partial charge in [0.25, 0.3) is 5.91 Å². The normalized spacial score (nSPS) is 13.2. The van der Waals surface area contributed by atoms with Crippen molar-refractivity contribution in [3.63, 3.8) is 0 Å². The maximum absolute atomic E-state index is 12.5. The molecule has 2 unspecified atom stereocenters. The Morgan fingerprint density at radius 3 is 2.26 bits per heavy atom. The number of rotatable bonds is 5. The van der Waals surface area contributed by atoms with Crippen LogP contribution in [0.5, 0.6) is 0 Å². The van der Waals surface area contributed by atoms with Crippen molar-refractivity contribution in [1.82, 2.24) is 5.32 Å². The second-order valence-electron chi connectivity index (χ2n) is 5.80. The number of amides is 2. The average molecular weight is 310 g/mol. The first-order chi connectivity index (χ1) is 10.9. The minimum atomic E-state index is -0.759. The molecule has 4 heteroatoms. The zero-order valence-electron chi connectivity index (χ0n) is 13.7. The van der Waals surface area contributed by atoms with Gasteiger partial charge in [0.05, 0.1) is 0 Å². The molecule has 4 nitrogen and oxygen atoms in total. The smallest absolute Gasteiger partial charge is 0.252 e. The van der Waals surface area contributed by atoms with Crippen molar-refractivity contribution in [1.29, 1.82) is 0 Å². The lowest BCUT2D eigenvalue weighted by Gasteiger charge is -2.23. The van der Waals surface area contributed by atoms with Crippen LogP contribution in [0.3, 0.4) is 0 Å². The Morgan fingerprint density at radius 1 is 1.00 bits per heavy atom. The van der Waals surface area contributed by atoms with Crippen molar-refractivity contribution in [2.75, 3.05) is 0 Å². The molecule has 0 spiro atoms. The summed E-state index contributed by atoms with van der Waals surface area (Å²) in [4.78, 5) is 24.4. The molecule has 2 amide bonds. The number of benzene rings is 2. The molecule has 0 heterocycles. The van der Waals surface area contributed by atoms with Gasteiger partial charge in [-0.2, -0.15) is 0 Å². The number of hydrogen-bond donors (Lipinski definition) is 2. The van der Waals surface area contributed by atoms with Gasteiger partial charge in [0, 0.05) is 11.5 Å². The fourth-order valence-corrected chi connectivity index (χ4v) is 2.61. The highest BCUT2D eigenvalue weighted by Crippen LogP contribution is 2.20. The third-order valence-electron chi connectivity index (χ3n) is 4.27. The van der Waals surface area contributed by atoms with Gasteiger partial charge in [-0.05, 0) is 36.6 Å². The molecule has 23 heavy (non-hydrogen) atoms. The van der Waals surface area contributed by atoms with Crippen molar-refractivity contribution in [3.05, 3.63) is 70.8 Å². The van der Waals surface area contributed by atoms with Gasteiger partial charge < -0.3 is 11.1 Å². The molecule has 0 saturated heterocycles. The van der Waals surface area contributed by atoms with E-state index in [1.165, 1.54) is 0 Å². The van der Waals surface area contributed by atoms with E-state index in [1.807, 2.05) is 63.2 Å². The second kappa shape index (κ2) is 7.09. The zero-order chi connectivity index (χ0) is 17.0. The molecule has 3 N–H and O–H groups in total. The number of hydrogen-bond acceptors (Lipinski definition) is 2. The van der Waals surface area contributed by atoms with Crippen LogP contribution in [0, 0.1) is 13.8 Å². The van der Waals surface area contributed by atoms with Crippen LogP contribution in [-0.2, 0) is 4.79 Å². The van der Waals surface area contributed by atoms with Crippen LogP contribution in [0.1, 0.15) is 39.9 Å². The van der Waals surface area contributed by atoms with Gasteiger partial charge in [-0.3, -0.25) is 9.59 Å². The highest BCUT2D eigenvalue weighted by molar-refractivity contribution is 5.98. The van der Waals surface area contributed by atoms with Crippen LogP contribution in [0.25, 0.3) is 0 Å². The van der Waals surface area contributed by atoms with E-state index in [0.29, 0.717) is 5.56 Å². The maximum Gasteiger partial charge on any atom is 0.252 e. The molecule has 2 atom stereocenters. The predicted molar refractivity (Wildman–Crippen MR) is 91.2 cm³/mol. The molecule has 2 aromatic rings. The Labute approximate surface area is 136 Å². The van der Waals surface area contributed by atoms with Crippen LogP contribution in [0.4, 0.5) is 0 Å². The number of nitrogens with two attached hydrogens (primary N) is 1. The minimum Gasteiger partial charge on any atom is -0.368 e. The van der Waals surface area contributed by atoms with Crippen molar-refractivity contribution < 1.29 is 9.59 Å². The van der Waals surface area contributed by atoms with Crippen LogP contribution in [0.2, 0.25) is 0 Å². The van der Waals surface area contributed by atoms with Crippen LogP contribution in [-0.4, -0.2) is 17.9 Å². The number of aryl methyl sites for hydroxylation is 1. The Balaban J connectivity index is 2.24. The molecular formula is C19H22N2O2. The van der Waals surface area contributed by atoms with Gasteiger partial charge in [0.15, 0.2) is 0 Å². The van der Waals surface area contributed by atoms with Crippen molar-refractivity contribution >= 4 is 11.8 Å². The van der Waals surface area contributed by atoms with Gasteiger partial charge in [-0.25, -0.2) is 0 Å². The highest BCUT2D eigenvalue weighted by Gasteiger charge is 2.26.